The number of allylic oxidation sites excluding steroid dienone is 1. The molecule has 2 aliphatic rings. The Balaban J connectivity index is 1.63. The molecule has 2 nitrogen and oxygen atoms in total. The summed E-state index contributed by atoms with van der Waals surface area (Å²) in [6.45, 7) is 2.17. The first kappa shape index (κ1) is 27.3. The quantitative estimate of drug-likeness (QED) is 0.243. The molecule has 0 bridgehead atoms. The normalized spacial score (nSPS) is 23.5. The van der Waals surface area contributed by atoms with Crippen molar-refractivity contribution in [1.29, 1.82) is 0 Å². The number of halogens is 8. The average molecular weight is 512 g/mol. The van der Waals surface area contributed by atoms with Gasteiger partial charge in [0.2, 0.25) is 0 Å². The molecule has 0 aliphatic heterocycles. The summed E-state index contributed by atoms with van der Waals surface area (Å²) >= 11 is 0. The van der Waals surface area contributed by atoms with Gasteiger partial charge in [0.05, 0.1) is 6.08 Å². The van der Waals surface area contributed by atoms with Crippen LogP contribution in [0.4, 0.5) is 35.1 Å². The standard InChI is InChI=1S/C25H28F8O2/c1-2-3-15-4-6-16(7-5-15)17-8-10-18(11-9-17)25(32,33)34-19-12-20(26)23(21(27)13-19)35-24(30,31)14-22(28)29/h10,12-17H,2-9,11H2,1H3. The Hall–Kier alpha value is -2.26. The second-order valence-corrected chi connectivity index (χ2v) is 9.27. The molecule has 0 heterocycles. The van der Waals surface area contributed by atoms with Gasteiger partial charge < -0.3 is 9.47 Å². The van der Waals surface area contributed by atoms with E-state index in [-0.39, 0.29) is 24.1 Å². The van der Waals surface area contributed by atoms with E-state index in [9.17, 15) is 35.1 Å². The van der Waals surface area contributed by atoms with Gasteiger partial charge in [-0.05, 0) is 49.9 Å². The van der Waals surface area contributed by atoms with Crippen LogP contribution < -0.4 is 9.47 Å². The molecular weight excluding hydrogens is 484 g/mol. The lowest BCUT2D eigenvalue weighted by molar-refractivity contribution is -0.147. The zero-order chi connectivity index (χ0) is 25.8. The van der Waals surface area contributed by atoms with E-state index in [4.69, 9.17) is 0 Å². The molecule has 2 aliphatic carbocycles. The smallest absolute Gasteiger partial charge is 0.425 e. The van der Waals surface area contributed by atoms with Gasteiger partial charge in [-0.25, -0.2) is 8.78 Å². The maximum absolute atomic E-state index is 14.7. The molecule has 0 amide bonds. The summed E-state index contributed by atoms with van der Waals surface area (Å²) in [6.07, 6.45) is -3.00. The second kappa shape index (κ2) is 11.2. The maximum atomic E-state index is 14.7. The number of benzene rings is 1. The third-order valence-electron chi connectivity index (χ3n) is 6.81. The van der Waals surface area contributed by atoms with Gasteiger partial charge in [0.1, 0.15) is 5.75 Å². The zero-order valence-corrected chi connectivity index (χ0v) is 19.2. The molecule has 0 N–H and O–H groups in total. The topological polar surface area (TPSA) is 18.5 Å². The second-order valence-electron chi connectivity index (χ2n) is 9.27. The summed E-state index contributed by atoms with van der Waals surface area (Å²) in [7, 11) is 0. The largest absolute Gasteiger partial charge is 0.429 e. The van der Waals surface area contributed by atoms with Crippen LogP contribution in [0.15, 0.2) is 35.9 Å². The van der Waals surface area contributed by atoms with Crippen molar-refractivity contribution in [3.05, 3.63) is 47.6 Å². The summed E-state index contributed by atoms with van der Waals surface area (Å²) in [6, 6.07) is 0.470. The van der Waals surface area contributed by atoms with Gasteiger partial charge in [0, 0.05) is 17.7 Å². The lowest BCUT2D eigenvalue weighted by Gasteiger charge is -2.36. The monoisotopic (exact) mass is 512 g/mol. The van der Waals surface area contributed by atoms with Crippen LogP contribution in [0.1, 0.15) is 64.7 Å². The molecule has 10 heteroatoms. The highest BCUT2D eigenvalue weighted by atomic mass is 19.3. The van der Waals surface area contributed by atoms with Crippen LogP contribution in [-0.4, -0.2) is 12.2 Å². The van der Waals surface area contributed by atoms with E-state index in [1.807, 2.05) is 0 Å². The SMILES string of the molecule is CCCC1CCC(C2CC=C(C(F)(F)Oc3cc(F)c(OC(F)(F)C=C(F)F)c(F)c3)CC2)CC1. The van der Waals surface area contributed by atoms with Gasteiger partial charge in [-0.3, -0.25) is 0 Å². The third-order valence-corrected chi connectivity index (χ3v) is 6.81. The molecular formula is C25H28F8O2. The Kier molecular flexibility index (Phi) is 8.75. The van der Waals surface area contributed by atoms with Crippen molar-refractivity contribution in [1.82, 2.24) is 0 Å². The van der Waals surface area contributed by atoms with Crippen molar-refractivity contribution < 1.29 is 44.6 Å². The Labute approximate surface area is 199 Å². The Morgan fingerprint density at radius 1 is 0.943 bits per heavy atom. The maximum Gasteiger partial charge on any atom is 0.425 e. The van der Waals surface area contributed by atoms with Crippen LogP contribution in [0.2, 0.25) is 0 Å². The van der Waals surface area contributed by atoms with Crippen molar-refractivity contribution in [2.24, 2.45) is 17.8 Å². The fourth-order valence-corrected chi connectivity index (χ4v) is 5.10. The Morgan fingerprint density at radius 2 is 1.57 bits per heavy atom. The molecule has 1 unspecified atom stereocenters. The molecule has 1 aromatic carbocycles. The summed E-state index contributed by atoms with van der Waals surface area (Å²) in [5, 5.41) is 0. The molecule has 196 valence electrons. The molecule has 0 aromatic heterocycles. The molecule has 3 rings (SSSR count). The first-order chi connectivity index (χ1) is 16.4. The summed E-state index contributed by atoms with van der Waals surface area (Å²) in [4.78, 5) is 0. The Morgan fingerprint density at radius 3 is 2.09 bits per heavy atom. The molecule has 0 radical (unpaired) electrons. The van der Waals surface area contributed by atoms with Gasteiger partial charge in [0.25, 0.3) is 6.08 Å². The van der Waals surface area contributed by atoms with Gasteiger partial charge in [0.15, 0.2) is 17.4 Å². The Bertz CT molecular complexity index is 908. The first-order valence-corrected chi connectivity index (χ1v) is 11.8. The molecule has 35 heavy (non-hydrogen) atoms. The lowest BCUT2D eigenvalue weighted by Crippen LogP contribution is -2.31. The zero-order valence-electron chi connectivity index (χ0n) is 19.2. The van der Waals surface area contributed by atoms with Crippen molar-refractivity contribution >= 4 is 0 Å². The molecule has 1 aromatic rings. The van der Waals surface area contributed by atoms with E-state index >= 15 is 0 Å². The van der Waals surface area contributed by atoms with Crippen LogP contribution >= 0.6 is 0 Å². The minimum atomic E-state index is -4.72. The van der Waals surface area contributed by atoms with Gasteiger partial charge >= 0.3 is 12.2 Å². The van der Waals surface area contributed by atoms with E-state index in [1.54, 1.807) is 0 Å². The van der Waals surface area contributed by atoms with Gasteiger partial charge in [-0.1, -0.05) is 38.7 Å². The van der Waals surface area contributed by atoms with Crippen LogP contribution in [0.5, 0.6) is 11.5 Å². The molecule has 1 saturated carbocycles. The van der Waals surface area contributed by atoms with Gasteiger partial charge in [-0.15, -0.1) is 0 Å². The number of rotatable bonds is 9. The molecule has 1 fully saturated rings. The van der Waals surface area contributed by atoms with E-state index in [0.29, 0.717) is 24.7 Å². The predicted molar refractivity (Wildman–Crippen MR) is 114 cm³/mol. The number of alkyl halides is 4. The van der Waals surface area contributed by atoms with Crippen LogP contribution in [0, 0.1) is 29.4 Å². The van der Waals surface area contributed by atoms with Gasteiger partial charge in [-0.2, -0.15) is 26.3 Å². The minimum absolute atomic E-state index is 0.0616. The van der Waals surface area contributed by atoms with E-state index < -0.39 is 47.5 Å². The molecule has 0 saturated heterocycles. The highest BCUT2D eigenvalue weighted by molar-refractivity contribution is 5.36. The number of hydrogen-bond acceptors (Lipinski definition) is 2. The van der Waals surface area contributed by atoms with Crippen LogP contribution in [0.25, 0.3) is 0 Å². The lowest BCUT2D eigenvalue weighted by atomic mass is 9.70. The van der Waals surface area contributed by atoms with Crippen LogP contribution in [0.3, 0.4) is 0 Å². The highest BCUT2D eigenvalue weighted by Crippen LogP contribution is 2.44. The van der Waals surface area contributed by atoms with Crippen molar-refractivity contribution in [3.63, 3.8) is 0 Å². The number of ether oxygens (including phenoxy) is 2. The highest BCUT2D eigenvalue weighted by Gasteiger charge is 2.40. The fraction of sp³-hybridized carbons (Fsp3) is 0.600. The van der Waals surface area contributed by atoms with Crippen molar-refractivity contribution in [3.8, 4) is 11.5 Å². The van der Waals surface area contributed by atoms with Crippen LogP contribution in [-0.2, 0) is 0 Å². The molecule has 1 atom stereocenters. The van der Waals surface area contributed by atoms with E-state index in [0.717, 1.165) is 38.0 Å². The first-order valence-electron chi connectivity index (χ1n) is 11.8. The fourth-order valence-electron chi connectivity index (χ4n) is 5.10. The molecule has 0 spiro atoms. The average Bonchev–Trinajstić information content (AvgIpc) is 2.76. The summed E-state index contributed by atoms with van der Waals surface area (Å²) in [5.74, 6) is -4.73. The van der Waals surface area contributed by atoms with Crippen molar-refractivity contribution in [2.75, 3.05) is 0 Å². The summed E-state index contributed by atoms with van der Waals surface area (Å²) < 4.78 is 116. The van der Waals surface area contributed by atoms with Crippen molar-refractivity contribution in [2.45, 2.75) is 76.9 Å². The minimum Gasteiger partial charge on any atom is -0.429 e. The van der Waals surface area contributed by atoms with E-state index in [1.165, 1.54) is 12.5 Å². The number of hydrogen-bond donors (Lipinski definition) is 0. The predicted octanol–water partition coefficient (Wildman–Crippen LogP) is 9.02. The summed E-state index contributed by atoms with van der Waals surface area (Å²) in [5.41, 5.74) is -0.315. The third kappa shape index (κ3) is 7.36. The van der Waals surface area contributed by atoms with E-state index in [2.05, 4.69) is 16.4 Å².